The lowest BCUT2D eigenvalue weighted by Crippen LogP contribution is -2.13. The van der Waals surface area contributed by atoms with Crippen molar-refractivity contribution in [3.05, 3.63) is 85.8 Å². The molecule has 0 amide bonds. The number of rotatable bonds is 12. The lowest BCUT2D eigenvalue weighted by molar-refractivity contribution is 0.0516. The van der Waals surface area contributed by atoms with Crippen molar-refractivity contribution in [3.63, 3.8) is 0 Å². The molecule has 0 spiro atoms. The molecule has 0 aliphatic rings. The summed E-state index contributed by atoms with van der Waals surface area (Å²) in [6, 6.07) is 3.41. The van der Waals surface area contributed by atoms with Gasteiger partial charge >= 0.3 is 11.9 Å². The van der Waals surface area contributed by atoms with Gasteiger partial charge in [0.2, 0.25) is 0 Å². The molecule has 0 atom stereocenters. The topological polar surface area (TPSA) is 208 Å². The van der Waals surface area contributed by atoms with Gasteiger partial charge in [-0.3, -0.25) is 9.97 Å². The van der Waals surface area contributed by atoms with Crippen LogP contribution in [0.25, 0.3) is 0 Å². The average Bonchev–Trinajstić information content (AvgIpc) is 3.11. The number of hydrogen-bond donors (Lipinski definition) is 4. The largest absolute Gasteiger partial charge is 0.462 e. The molecular formula is C30H35Cl3N8O6S2. The summed E-state index contributed by atoms with van der Waals surface area (Å²) in [5, 5.41) is 22.9. The third kappa shape index (κ3) is 13.5. The summed E-state index contributed by atoms with van der Waals surface area (Å²) in [7, 11) is 0. The van der Waals surface area contributed by atoms with E-state index in [4.69, 9.17) is 60.2 Å². The van der Waals surface area contributed by atoms with Gasteiger partial charge in [0.05, 0.1) is 47.9 Å². The van der Waals surface area contributed by atoms with Crippen LogP contribution in [0.1, 0.15) is 57.1 Å². The summed E-state index contributed by atoms with van der Waals surface area (Å²) in [4.78, 5) is 47.5. The molecule has 14 nitrogen and oxygen atoms in total. The van der Waals surface area contributed by atoms with Crippen LogP contribution in [0, 0.1) is 0 Å². The van der Waals surface area contributed by atoms with Gasteiger partial charge in [-0.15, -0.1) is 0 Å². The molecule has 4 aromatic heterocycles. The number of nitrogens with zero attached hydrogens (tertiary/aromatic N) is 6. The number of pyridine rings is 2. The Kier molecular flexibility index (Phi) is 19.1. The van der Waals surface area contributed by atoms with E-state index in [1.165, 1.54) is 35.9 Å². The predicted octanol–water partition coefficient (Wildman–Crippen LogP) is 5.24. The van der Waals surface area contributed by atoms with E-state index in [0.717, 1.165) is 11.1 Å². The maximum Gasteiger partial charge on any atom is 0.343 e. The summed E-state index contributed by atoms with van der Waals surface area (Å²) >= 11 is 20.3. The van der Waals surface area contributed by atoms with Gasteiger partial charge in [-0.25, -0.2) is 29.5 Å². The third-order valence-electron chi connectivity index (χ3n) is 5.79. The maximum atomic E-state index is 12.0. The Morgan fingerprint density at radius 3 is 1.73 bits per heavy atom. The van der Waals surface area contributed by atoms with E-state index in [-0.39, 0.29) is 36.1 Å². The number of ether oxygens (including phenoxy) is 2. The van der Waals surface area contributed by atoms with Gasteiger partial charge in [-0.05, 0) is 49.6 Å². The molecule has 49 heavy (non-hydrogen) atoms. The number of aliphatic hydroxyl groups excluding tert-OH is 2. The van der Waals surface area contributed by atoms with Crippen LogP contribution in [0.5, 0.6) is 0 Å². The minimum Gasteiger partial charge on any atom is -0.462 e. The summed E-state index contributed by atoms with van der Waals surface area (Å²) in [6.07, 6.45) is 9.71. The Balaban J connectivity index is 0.000000282. The summed E-state index contributed by atoms with van der Waals surface area (Å²) in [5.74, 6) is -0.597. The average molecular weight is 774 g/mol. The maximum absolute atomic E-state index is 12.0. The van der Waals surface area contributed by atoms with E-state index < -0.39 is 11.9 Å². The van der Waals surface area contributed by atoms with Gasteiger partial charge in [-0.1, -0.05) is 58.3 Å². The first-order valence-corrected chi connectivity index (χ1v) is 17.9. The van der Waals surface area contributed by atoms with Crippen molar-refractivity contribution in [1.82, 2.24) is 29.9 Å². The number of nitrogens with two attached hydrogens (primary N) is 1. The normalized spacial score (nSPS) is 10.2. The number of halogens is 3. The molecule has 0 radical (unpaired) electrons. The van der Waals surface area contributed by atoms with Crippen molar-refractivity contribution in [2.75, 3.05) is 31.0 Å². The first-order chi connectivity index (χ1) is 23.5. The number of aliphatic hydroxyl groups is 2. The lowest BCUT2D eigenvalue weighted by Gasteiger charge is -2.11. The lowest BCUT2D eigenvalue weighted by atomic mass is 10.2. The smallest absolute Gasteiger partial charge is 0.343 e. The van der Waals surface area contributed by atoms with Crippen LogP contribution in [0.4, 0.5) is 5.82 Å². The first kappa shape index (κ1) is 41.8. The second-order valence-corrected chi connectivity index (χ2v) is 11.8. The highest BCUT2D eigenvalue weighted by Crippen LogP contribution is 2.21. The molecule has 0 saturated carbocycles. The Bertz CT molecular complexity index is 1690. The number of carbonyl (C=O) groups excluding carboxylic acids is 2. The van der Waals surface area contributed by atoms with Crippen molar-refractivity contribution < 1.29 is 29.3 Å². The van der Waals surface area contributed by atoms with Crippen LogP contribution in [-0.2, 0) is 35.8 Å². The number of anilines is 1. The van der Waals surface area contributed by atoms with Gasteiger partial charge in [-0.2, -0.15) is 0 Å². The molecule has 264 valence electrons. The second-order valence-electron chi connectivity index (χ2n) is 9.04. The van der Waals surface area contributed by atoms with Gasteiger partial charge < -0.3 is 30.7 Å². The Morgan fingerprint density at radius 1 is 0.776 bits per heavy atom. The fourth-order valence-corrected chi connectivity index (χ4v) is 4.82. The van der Waals surface area contributed by atoms with Crippen LogP contribution in [0.3, 0.4) is 0 Å². The molecule has 4 rings (SSSR count). The molecule has 0 bridgehead atoms. The van der Waals surface area contributed by atoms with Crippen LogP contribution in [-0.4, -0.2) is 77.8 Å². The summed E-state index contributed by atoms with van der Waals surface area (Å²) in [5.41, 5.74) is 8.38. The zero-order chi connectivity index (χ0) is 36.3. The number of carbonyl (C=O) groups is 2. The molecule has 0 unspecified atom stereocenters. The highest BCUT2D eigenvalue weighted by atomic mass is 35.5. The van der Waals surface area contributed by atoms with E-state index in [0.29, 0.717) is 57.3 Å². The standard InChI is InChI=1S/C15H17ClN4O3S.C8H9ClN2O2S.C7H9ClN2O/c1-3-23-14(22)10-7-19-15(24-2)20-13(10)18-6-9-4-11(16)12(8-21)17-5-9;1-3-13-7(12)5-4-10-8(14-2)11-6(5)9;8-6-1-5(2-9)3-10-7(6)4-11/h4-5,7,21H,3,6,8H2,1-2H3,(H,18,19,20);4H,3H2,1-2H3;1,3,11H,2,4,9H2. The van der Waals surface area contributed by atoms with Gasteiger partial charge in [0.15, 0.2) is 10.3 Å². The third-order valence-corrected chi connectivity index (χ3v) is 7.85. The van der Waals surface area contributed by atoms with Crippen LogP contribution < -0.4 is 11.1 Å². The minimum atomic E-state index is -0.495. The van der Waals surface area contributed by atoms with E-state index >= 15 is 0 Å². The Morgan fingerprint density at radius 2 is 1.27 bits per heavy atom. The molecule has 0 fully saturated rings. The molecular weight excluding hydrogens is 739 g/mol. The molecule has 4 heterocycles. The predicted molar refractivity (Wildman–Crippen MR) is 190 cm³/mol. The number of esters is 2. The number of thioether (sulfide) groups is 2. The highest BCUT2D eigenvalue weighted by molar-refractivity contribution is 7.98. The highest BCUT2D eigenvalue weighted by Gasteiger charge is 2.16. The van der Waals surface area contributed by atoms with Crippen molar-refractivity contribution in [2.24, 2.45) is 5.73 Å². The van der Waals surface area contributed by atoms with Crippen molar-refractivity contribution >= 4 is 76.1 Å². The van der Waals surface area contributed by atoms with Crippen molar-refractivity contribution in [2.45, 2.75) is 50.5 Å². The van der Waals surface area contributed by atoms with Crippen LogP contribution in [0.2, 0.25) is 15.2 Å². The van der Waals surface area contributed by atoms with Crippen LogP contribution >= 0.6 is 58.3 Å². The number of nitrogens with one attached hydrogen (secondary N) is 1. The molecule has 19 heteroatoms. The molecule has 4 aromatic rings. The monoisotopic (exact) mass is 772 g/mol. The summed E-state index contributed by atoms with van der Waals surface area (Å²) < 4.78 is 9.79. The first-order valence-electron chi connectivity index (χ1n) is 14.3. The van der Waals surface area contributed by atoms with E-state index in [1.807, 2.05) is 12.5 Å². The molecule has 0 saturated heterocycles. The zero-order valence-electron chi connectivity index (χ0n) is 26.9. The fraction of sp³-hybridized carbons (Fsp3) is 0.333. The van der Waals surface area contributed by atoms with Crippen LogP contribution in [0.15, 0.2) is 47.2 Å². The molecule has 5 N–H and O–H groups in total. The van der Waals surface area contributed by atoms with Crippen molar-refractivity contribution in [1.29, 1.82) is 0 Å². The second kappa shape index (κ2) is 22.4. The van der Waals surface area contributed by atoms with Gasteiger partial charge in [0.1, 0.15) is 22.1 Å². The quantitative estimate of drug-likeness (QED) is 0.0628. The Labute approximate surface area is 306 Å². The van der Waals surface area contributed by atoms with E-state index in [9.17, 15) is 9.59 Å². The number of aromatic nitrogens is 6. The molecule has 0 aliphatic carbocycles. The Hall–Kier alpha value is -3.35. The fourth-order valence-electron chi connectivity index (χ4n) is 3.39. The SMILES string of the molecule is CCOC(=O)c1cnc(SC)nc1Cl.CCOC(=O)c1cnc(SC)nc1NCc1cnc(CO)c(Cl)c1.NCc1cnc(CO)c(Cl)c1. The van der Waals surface area contributed by atoms with Gasteiger partial charge in [0, 0.05) is 37.9 Å². The number of hydrogen-bond acceptors (Lipinski definition) is 16. The molecule has 0 aromatic carbocycles. The zero-order valence-corrected chi connectivity index (χ0v) is 30.8. The minimum absolute atomic E-state index is 0.128. The van der Waals surface area contributed by atoms with E-state index in [1.54, 1.807) is 38.4 Å². The van der Waals surface area contributed by atoms with E-state index in [2.05, 4.69) is 35.2 Å². The van der Waals surface area contributed by atoms with Crippen molar-refractivity contribution in [3.8, 4) is 0 Å². The molecule has 0 aliphatic heterocycles. The van der Waals surface area contributed by atoms with Gasteiger partial charge in [0.25, 0.3) is 0 Å². The summed E-state index contributed by atoms with van der Waals surface area (Å²) in [6.45, 7) is 4.45.